The maximum atomic E-state index is 12.2. The van der Waals surface area contributed by atoms with Crippen LogP contribution in [0.2, 0.25) is 0 Å². The van der Waals surface area contributed by atoms with E-state index in [9.17, 15) is 4.79 Å². The van der Waals surface area contributed by atoms with Crippen LogP contribution in [-0.2, 0) is 6.42 Å². The number of aryl methyl sites for hydroxylation is 1. The Bertz CT molecular complexity index is 738. The molecule has 132 valence electrons. The first kappa shape index (κ1) is 17.4. The average molecular weight is 350 g/mol. The van der Waals surface area contributed by atoms with Crippen molar-refractivity contribution >= 4 is 21.4 Å². The van der Waals surface area contributed by atoms with Crippen LogP contribution in [0.25, 0.3) is 4.96 Å². The van der Waals surface area contributed by atoms with E-state index in [1.54, 1.807) is 6.07 Å². The molecule has 6 nitrogen and oxygen atoms in total. The zero-order valence-electron chi connectivity index (χ0n) is 14.8. The molecule has 0 aromatic carbocycles. The number of hydrogen-bond donors (Lipinski definition) is 1. The van der Waals surface area contributed by atoms with E-state index in [0.717, 1.165) is 36.8 Å². The van der Waals surface area contributed by atoms with E-state index in [4.69, 9.17) is 0 Å². The molecule has 0 radical (unpaired) electrons. The molecule has 1 fully saturated rings. The van der Waals surface area contributed by atoms with Crippen LogP contribution in [0.4, 0.5) is 5.13 Å². The van der Waals surface area contributed by atoms with Crippen molar-refractivity contribution in [3.63, 3.8) is 0 Å². The number of nitrogens with zero attached hydrogens (tertiary/aromatic N) is 4. The summed E-state index contributed by atoms with van der Waals surface area (Å²) in [6, 6.07) is 2.15. The summed E-state index contributed by atoms with van der Waals surface area (Å²) in [6.45, 7) is 9.83. The first-order chi connectivity index (χ1) is 11.6. The van der Waals surface area contributed by atoms with E-state index < -0.39 is 0 Å². The Morgan fingerprint density at radius 2 is 2.29 bits per heavy atom. The predicted molar refractivity (Wildman–Crippen MR) is 99.1 cm³/mol. The molecule has 1 atom stereocenters. The molecule has 0 unspecified atom stereocenters. The van der Waals surface area contributed by atoms with E-state index in [1.165, 1.54) is 35.2 Å². The van der Waals surface area contributed by atoms with Gasteiger partial charge in [-0.1, -0.05) is 38.5 Å². The van der Waals surface area contributed by atoms with Crippen LogP contribution >= 0.6 is 11.3 Å². The molecule has 7 heteroatoms. The minimum Gasteiger partial charge on any atom is -0.359 e. The predicted octanol–water partition coefficient (Wildman–Crippen LogP) is 2.64. The van der Waals surface area contributed by atoms with Gasteiger partial charge in [-0.25, -0.2) is 4.98 Å². The van der Waals surface area contributed by atoms with Gasteiger partial charge in [0.2, 0.25) is 10.1 Å². The van der Waals surface area contributed by atoms with Crippen molar-refractivity contribution in [1.29, 1.82) is 0 Å². The topological polar surface area (TPSA) is 62.5 Å². The van der Waals surface area contributed by atoms with Crippen LogP contribution in [-0.4, -0.2) is 45.2 Å². The Kier molecular flexibility index (Phi) is 5.50. The number of anilines is 1. The number of nitrogens with one attached hydrogen (secondary N) is 1. The summed E-state index contributed by atoms with van der Waals surface area (Å²) in [5.41, 5.74) is 0.770. The number of hydrogen-bond acceptors (Lipinski definition) is 6. The molecule has 2 aromatic rings. The van der Waals surface area contributed by atoms with E-state index in [-0.39, 0.29) is 5.56 Å². The molecule has 0 saturated carbocycles. The molecule has 1 aliphatic heterocycles. The van der Waals surface area contributed by atoms with E-state index in [0.29, 0.717) is 16.9 Å². The minimum atomic E-state index is -0.0879. The van der Waals surface area contributed by atoms with E-state index in [2.05, 4.69) is 41.1 Å². The Balaban J connectivity index is 1.69. The SMILES string of the molecule is CCCc1cc(=O)n2nc(NC[C@H]3CCCN3CC(C)C)sc2n1. The van der Waals surface area contributed by atoms with Gasteiger partial charge in [-0.2, -0.15) is 4.52 Å². The maximum Gasteiger partial charge on any atom is 0.275 e. The van der Waals surface area contributed by atoms with Crippen molar-refractivity contribution in [2.45, 2.75) is 52.5 Å². The molecule has 0 bridgehead atoms. The molecule has 3 heterocycles. The molecule has 1 saturated heterocycles. The minimum absolute atomic E-state index is 0.0879. The molecular formula is C17H27N5OS. The van der Waals surface area contributed by atoms with E-state index >= 15 is 0 Å². The lowest BCUT2D eigenvalue weighted by Gasteiger charge is -2.26. The van der Waals surface area contributed by atoms with Gasteiger partial charge < -0.3 is 5.32 Å². The molecule has 24 heavy (non-hydrogen) atoms. The van der Waals surface area contributed by atoms with Gasteiger partial charge in [-0.3, -0.25) is 9.69 Å². The molecule has 1 N–H and O–H groups in total. The van der Waals surface area contributed by atoms with Crippen LogP contribution in [0.15, 0.2) is 10.9 Å². The fraction of sp³-hybridized carbons (Fsp3) is 0.706. The highest BCUT2D eigenvalue weighted by Gasteiger charge is 2.24. The number of rotatable bonds is 7. The van der Waals surface area contributed by atoms with Gasteiger partial charge in [0.15, 0.2) is 0 Å². The first-order valence-electron chi connectivity index (χ1n) is 8.94. The van der Waals surface area contributed by atoms with Crippen LogP contribution in [0.1, 0.15) is 45.7 Å². The third kappa shape index (κ3) is 3.95. The quantitative estimate of drug-likeness (QED) is 0.832. The van der Waals surface area contributed by atoms with Crippen molar-refractivity contribution in [3.05, 3.63) is 22.1 Å². The Labute approximate surface area is 146 Å². The molecular weight excluding hydrogens is 322 g/mol. The molecule has 0 spiro atoms. The van der Waals surface area contributed by atoms with Crippen LogP contribution in [0.5, 0.6) is 0 Å². The molecule has 0 amide bonds. The van der Waals surface area contributed by atoms with Crippen molar-refractivity contribution in [2.24, 2.45) is 5.92 Å². The number of fused-ring (bicyclic) bond motifs is 1. The van der Waals surface area contributed by atoms with Gasteiger partial charge in [0.1, 0.15) is 0 Å². The van der Waals surface area contributed by atoms with Gasteiger partial charge >= 0.3 is 0 Å². The van der Waals surface area contributed by atoms with Crippen molar-refractivity contribution in [1.82, 2.24) is 19.5 Å². The summed E-state index contributed by atoms with van der Waals surface area (Å²) in [5.74, 6) is 0.688. The largest absolute Gasteiger partial charge is 0.359 e. The Hall–Kier alpha value is -1.47. The third-order valence-corrected chi connectivity index (χ3v) is 5.26. The van der Waals surface area contributed by atoms with Gasteiger partial charge in [-0.15, -0.1) is 5.10 Å². The third-order valence-electron chi connectivity index (χ3n) is 4.39. The summed E-state index contributed by atoms with van der Waals surface area (Å²) in [4.78, 5) is 19.9. The standard InChI is InChI=1S/C17H27N5OS/c1-4-6-13-9-15(23)22-17(19-13)24-16(20-22)18-10-14-7-5-8-21(14)11-12(2)3/h9,12,14H,4-8,10-11H2,1-3H3,(H,18,20)/t14-/m1/s1. The highest BCUT2D eigenvalue weighted by Crippen LogP contribution is 2.21. The van der Waals surface area contributed by atoms with Gasteiger partial charge in [0.25, 0.3) is 5.56 Å². The van der Waals surface area contributed by atoms with Crippen LogP contribution in [0.3, 0.4) is 0 Å². The lowest BCUT2D eigenvalue weighted by atomic mass is 10.1. The zero-order chi connectivity index (χ0) is 17.1. The fourth-order valence-corrected chi connectivity index (χ4v) is 4.18. The normalized spacial score (nSPS) is 18.8. The van der Waals surface area contributed by atoms with Crippen LogP contribution < -0.4 is 10.9 Å². The summed E-state index contributed by atoms with van der Waals surface area (Å²) in [6.07, 6.45) is 4.31. The van der Waals surface area contributed by atoms with Crippen LogP contribution in [0, 0.1) is 5.92 Å². The Morgan fingerprint density at radius 3 is 3.04 bits per heavy atom. The first-order valence-corrected chi connectivity index (χ1v) is 9.76. The molecule has 2 aromatic heterocycles. The van der Waals surface area contributed by atoms with Crippen molar-refractivity contribution in [3.8, 4) is 0 Å². The summed E-state index contributed by atoms with van der Waals surface area (Å²) >= 11 is 1.46. The monoisotopic (exact) mass is 349 g/mol. The zero-order valence-corrected chi connectivity index (χ0v) is 15.6. The maximum absolute atomic E-state index is 12.2. The fourth-order valence-electron chi connectivity index (χ4n) is 3.35. The van der Waals surface area contributed by atoms with Gasteiger partial charge in [0, 0.05) is 30.9 Å². The van der Waals surface area contributed by atoms with Gasteiger partial charge in [0.05, 0.1) is 0 Å². The second-order valence-electron chi connectivity index (χ2n) is 7.00. The average Bonchev–Trinajstić information content (AvgIpc) is 3.11. The highest BCUT2D eigenvalue weighted by molar-refractivity contribution is 7.20. The van der Waals surface area contributed by atoms with Crippen molar-refractivity contribution < 1.29 is 0 Å². The lowest BCUT2D eigenvalue weighted by Crippen LogP contribution is -2.37. The Morgan fingerprint density at radius 1 is 1.46 bits per heavy atom. The second-order valence-corrected chi connectivity index (χ2v) is 7.96. The van der Waals surface area contributed by atoms with Crippen molar-refractivity contribution in [2.75, 3.05) is 25.0 Å². The number of likely N-dealkylation sites (tertiary alicyclic amines) is 1. The summed E-state index contributed by atoms with van der Waals surface area (Å²) < 4.78 is 1.41. The lowest BCUT2D eigenvalue weighted by molar-refractivity contribution is 0.234. The van der Waals surface area contributed by atoms with E-state index in [1.807, 2.05) is 0 Å². The molecule has 0 aliphatic carbocycles. The summed E-state index contributed by atoms with van der Waals surface area (Å²) in [5, 5.41) is 8.60. The molecule has 3 rings (SSSR count). The highest BCUT2D eigenvalue weighted by atomic mass is 32.1. The van der Waals surface area contributed by atoms with Gasteiger partial charge in [-0.05, 0) is 31.7 Å². The smallest absolute Gasteiger partial charge is 0.275 e. The second kappa shape index (κ2) is 7.61. The summed E-state index contributed by atoms with van der Waals surface area (Å²) in [7, 11) is 0. The molecule has 1 aliphatic rings. The number of aromatic nitrogens is 3.